The van der Waals surface area contributed by atoms with Gasteiger partial charge < -0.3 is 8.83 Å². The quantitative estimate of drug-likeness (QED) is 0.239. The van der Waals surface area contributed by atoms with Crippen molar-refractivity contribution in [2.75, 3.05) is 4.90 Å². The number of hydrogen-bond acceptors (Lipinski definition) is 5. The summed E-state index contributed by atoms with van der Waals surface area (Å²) in [4.78, 5) is 12.3. The highest BCUT2D eigenvalue weighted by molar-refractivity contribution is 6.04. The summed E-state index contributed by atoms with van der Waals surface area (Å²) in [5.74, 6) is 1.50. The third-order valence-corrected chi connectivity index (χ3v) is 7.10. The van der Waals surface area contributed by atoms with Gasteiger partial charge in [-0.05, 0) is 71.8 Å². The van der Waals surface area contributed by atoms with Gasteiger partial charge in [-0.25, -0.2) is 9.97 Å². The summed E-state index contributed by atoms with van der Waals surface area (Å²) in [6.45, 7) is 0. The molecule has 5 heteroatoms. The Hall–Kier alpha value is -5.42. The zero-order valence-corrected chi connectivity index (χ0v) is 20.8. The first kappa shape index (κ1) is 21.6. The number of aromatic nitrogens is 2. The van der Waals surface area contributed by atoms with Gasteiger partial charge in [-0.3, -0.25) is 4.90 Å². The minimum absolute atomic E-state index is 0.751. The molecule has 0 bridgehead atoms. The maximum Gasteiger partial charge on any atom is 0.154 e. The lowest BCUT2D eigenvalue weighted by Crippen LogP contribution is -2.13. The topological polar surface area (TPSA) is 55.3 Å². The van der Waals surface area contributed by atoms with E-state index in [1.54, 1.807) is 0 Å². The van der Waals surface area contributed by atoms with Crippen molar-refractivity contribution in [3.8, 4) is 11.1 Å². The lowest BCUT2D eigenvalue weighted by atomic mass is 10.1. The van der Waals surface area contributed by atoms with Crippen molar-refractivity contribution in [2.24, 2.45) is 0 Å². The van der Waals surface area contributed by atoms with Crippen LogP contribution < -0.4 is 4.90 Å². The van der Waals surface area contributed by atoms with Crippen molar-refractivity contribution in [1.82, 2.24) is 9.97 Å². The fourth-order valence-corrected chi connectivity index (χ4v) is 5.23. The van der Waals surface area contributed by atoms with Gasteiger partial charge in [0.2, 0.25) is 0 Å². The molecule has 8 aromatic rings. The van der Waals surface area contributed by atoms with Crippen molar-refractivity contribution < 1.29 is 8.83 Å². The number of rotatable bonds is 4. The molecule has 0 aliphatic carbocycles. The molecule has 0 spiro atoms. The number of pyridine rings is 2. The van der Waals surface area contributed by atoms with Crippen LogP contribution in [0.3, 0.4) is 0 Å². The Labute approximate surface area is 223 Å². The predicted octanol–water partition coefficient (Wildman–Crippen LogP) is 9.41. The molecule has 0 aliphatic rings. The van der Waals surface area contributed by atoms with E-state index in [0.29, 0.717) is 0 Å². The van der Waals surface area contributed by atoms with Crippen LogP contribution in [0.1, 0.15) is 0 Å². The number of anilines is 3. The van der Waals surface area contributed by atoms with Crippen LogP contribution in [0.2, 0.25) is 0 Å². The molecule has 0 fully saturated rings. The average molecular weight is 504 g/mol. The van der Waals surface area contributed by atoms with E-state index in [1.165, 1.54) is 5.56 Å². The molecule has 0 unspecified atom stereocenters. The lowest BCUT2D eigenvalue weighted by molar-refractivity contribution is 0.668. The number of furan rings is 2. The highest BCUT2D eigenvalue weighted by Crippen LogP contribution is 2.38. The Kier molecular flexibility index (Phi) is 4.76. The maximum absolute atomic E-state index is 6.05. The third kappa shape index (κ3) is 3.55. The first-order valence-electron chi connectivity index (χ1n) is 12.8. The monoisotopic (exact) mass is 503 g/mol. The zero-order chi connectivity index (χ0) is 25.8. The molecule has 0 aliphatic heterocycles. The van der Waals surface area contributed by atoms with Gasteiger partial charge >= 0.3 is 0 Å². The minimum atomic E-state index is 0.751. The van der Waals surface area contributed by atoms with Crippen molar-refractivity contribution >= 4 is 61.5 Å². The van der Waals surface area contributed by atoms with E-state index in [4.69, 9.17) is 18.8 Å². The van der Waals surface area contributed by atoms with Crippen LogP contribution in [-0.2, 0) is 0 Å². The molecule has 4 aromatic carbocycles. The number of para-hydroxylation sites is 2. The summed E-state index contributed by atoms with van der Waals surface area (Å²) in [6, 6.07) is 42.8. The highest BCUT2D eigenvalue weighted by atomic mass is 16.3. The van der Waals surface area contributed by atoms with Gasteiger partial charge in [-0.1, -0.05) is 66.7 Å². The van der Waals surface area contributed by atoms with Gasteiger partial charge in [0.25, 0.3) is 0 Å². The zero-order valence-electron chi connectivity index (χ0n) is 20.8. The fourth-order valence-electron chi connectivity index (χ4n) is 5.23. The van der Waals surface area contributed by atoms with Gasteiger partial charge in [0.15, 0.2) is 11.2 Å². The van der Waals surface area contributed by atoms with Gasteiger partial charge in [0, 0.05) is 16.5 Å². The Morgan fingerprint density at radius 3 is 1.46 bits per heavy atom. The molecular formula is C34H21N3O2. The van der Waals surface area contributed by atoms with E-state index < -0.39 is 0 Å². The van der Waals surface area contributed by atoms with E-state index in [2.05, 4.69) is 53.4 Å². The van der Waals surface area contributed by atoms with E-state index in [0.717, 1.165) is 67.0 Å². The highest BCUT2D eigenvalue weighted by Gasteiger charge is 2.19. The Bertz CT molecular complexity index is 2010. The van der Waals surface area contributed by atoms with Crippen LogP contribution in [0.4, 0.5) is 17.3 Å². The molecule has 8 rings (SSSR count). The van der Waals surface area contributed by atoms with Crippen LogP contribution in [0.15, 0.2) is 136 Å². The van der Waals surface area contributed by atoms with Gasteiger partial charge in [-0.2, -0.15) is 0 Å². The van der Waals surface area contributed by atoms with Crippen molar-refractivity contribution in [3.63, 3.8) is 0 Å². The summed E-state index contributed by atoms with van der Waals surface area (Å²) in [5, 5.41) is 1.97. The molecule has 5 nitrogen and oxygen atoms in total. The Morgan fingerprint density at radius 2 is 0.897 bits per heavy atom. The maximum atomic E-state index is 6.05. The number of nitrogens with zero attached hydrogens (tertiary/aromatic N) is 3. The Morgan fingerprint density at radius 1 is 0.410 bits per heavy atom. The van der Waals surface area contributed by atoms with Crippen molar-refractivity contribution in [1.29, 1.82) is 0 Å². The second-order valence-electron chi connectivity index (χ2n) is 9.48. The lowest BCUT2D eigenvalue weighted by Gasteiger charge is -2.23. The van der Waals surface area contributed by atoms with Crippen LogP contribution >= 0.6 is 0 Å². The molecule has 0 radical (unpaired) electrons. The Balaban J connectivity index is 1.33. The molecule has 0 atom stereocenters. The molecule has 4 heterocycles. The van der Waals surface area contributed by atoms with Gasteiger partial charge in [0.05, 0.1) is 0 Å². The smallest absolute Gasteiger partial charge is 0.154 e. The minimum Gasteiger partial charge on any atom is -0.454 e. The first-order valence-corrected chi connectivity index (χ1v) is 12.8. The SMILES string of the molecule is c1ccc(-c2ccc(N(c3ccc4oc5ccccc5c4n3)c3ccc4oc5ccccc5c4n3)cc2)cc1. The number of hydrogen-bond donors (Lipinski definition) is 0. The fraction of sp³-hybridized carbons (Fsp3) is 0. The molecule has 184 valence electrons. The molecule has 0 N–H and O–H groups in total. The second-order valence-corrected chi connectivity index (χ2v) is 9.48. The van der Waals surface area contributed by atoms with E-state index in [1.807, 2.05) is 78.9 Å². The third-order valence-electron chi connectivity index (χ3n) is 7.10. The summed E-state index contributed by atoms with van der Waals surface area (Å²) in [6.07, 6.45) is 0. The standard InChI is InChI=1S/C34H21N3O2/c1-2-8-22(9-3-1)23-14-16-24(17-15-23)37(31-20-18-29-33(35-31)25-10-4-6-12-27(25)38-29)32-21-19-30-34(36-32)26-11-5-7-13-28(26)39-30/h1-21H. The summed E-state index contributed by atoms with van der Waals surface area (Å²) in [7, 11) is 0. The normalized spacial score (nSPS) is 11.6. The molecular weight excluding hydrogens is 482 g/mol. The summed E-state index contributed by atoms with van der Waals surface area (Å²) >= 11 is 0. The summed E-state index contributed by atoms with van der Waals surface area (Å²) < 4.78 is 12.1. The van der Waals surface area contributed by atoms with Crippen LogP contribution in [0.5, 0.6) is 0 Å². The van der Waals surface area contributed by atoms with Crippen LogP contribution in [-0.4, -0.2) is 9.97 Å². The second kappa shape index (κ2) is 8.57. The van der Waals surface area contributed by atoms with Crippen LogP contribution in [0.25, 0.3) is 55.3 Å². The summed E-state index contributed by atoms with van der Waals surface area (Å²) in [5.41, 5.74) is 8.06. The molecule has 0 amide bonds. The van der Waals surface area contributed by atoms with E-state index in [9.17, 15) is 0 Å². The number of fused-ring (bicyclic) bond motifs is 6. The largest absolute Gasteiger partial charge is 0.454 e. The average Bonchev–Trinajstić information content (AvgIpc) is 3.56. The van der Waals surface area contributed by atoms with E-state index in [-0.39, 0.29) is 0 Å². The number of benzene rings is 4. The van der Waals surface area contributed by atoms with Crippen LogP contribution in [0, 0.1) is 0 Å². The van der Waals surface area contributed by atoms with Crippen molar-refractivity contribution in [2.45, 2.75) is 0 Å². The molecule has 0 saturated carbocycles. The molecule has 0 saturated heterocycles. The molecule has 39 heavy (non-hydrogen) atoms. The van der Waals surface area contributed by atoms with Crippen molar-refractivity contribution in [3.05, 3.63) is 127 Å². The molecule has 4 aromatic heterocycles. The first-order chi connectivity index (χ1) is 19.3. The van der Waals surface area contributed by atoms with Gasteiger partial charge in [0.1, 0.15) is 33.8 Å². The van der Waals surface area contributed by atoms with E-state index >= 15 is 0 Å². The predicted molar refractivity (Wildman–Crippen MR) is 157 cm³/mol. The van der Waals surface area contributed by atoms with Gasteiger partial charge in [-0.15, -0.1) is 0 Å².